The number of aliphatic imine (C=N–C) groups is 1. The summed E-state index contributed by atoms with van der Waals surface area (Å²) in [6.07, 6.45) is 4.70. The number of nitrogens with one attached hydrogen (secondary N) is 2. The Bertz CT molecular complexity index is 1010. The quantitative estimate of drug-likeness (QED) is 0.146. The topological polar surface area (TPSA) is 72.7 Å². The van der Waals surface area contributed by atoms with Gasteiger partial charge in [-0.05, 0) is 31.0 Å². The Balaban J connectivity index is 0.00000408. The van der Waals surface area contributed by atoms with Gasteiger partial charge in [0.2, 0.25) is 0 Å². The van der Waals surface area contributed by atoms with E-state index in [1.807, 2.05) is 24.5 Å². The molecular formula is C26H36IN5O2. The highest BCUT2D eigenvalue weighted by atomic mass is 127. The first-order valence-electron chi connectivity index (χ1n) is 11.5. The number of rotatable bonds is 12. The summed E-state index contributed by atoms with van der Waals surface area (Å²) in [6, 6.07) is 16.6. The fourth-order valence-electron chi connectivity index (χ4n) is 3.45. The van der Waals surface area contributed by atoms with Crippen molar-refractivity contribution in [1.29, 1.82) is 0 Å². The van der Waals surface area contributed by atoms with Crippen molar-refractivity contribution in [2.45, 2.75) is 33.4 Å². The fourth-order valence-corrected chi connectivity index (χ4v) is 3.45. The summed E-state index contributed by atoms with van der Waals surface area (Å²) in [5.74, 6) is 2.69. The van der Waals surface area contributed by atoms with Gasteiger partial charge in [-0.2, -0.15) is 0 Å². The number of benzene rings is 2. The van der Waals surface area contributed by atoms with E-state index in [1.165, 1.54) is 5.56 Å². The molecule has 2 N–H and O–H groups in total. The SMILES string of the molecule is CCNC(=NCc1ccc(C)cc1OCCOC)NCCc1nccn1Cc1ccccc1.I. The van der Waals surface area contributed by atoms with E-state index < -0.39 is 0 Å². The first kappa shape index (κ1) is 27.7. The summed E-state index contributed by atoms with van der Waals surface area (Å²) in [4.78, 5) is 9.31. The van der Waals surface area contributed by atoms with Crippen LogP contribution in [0.3, 0.4) is 0 Å². The molecule has 0 saturated carbocycles. The second kappa shape index (κ2) is 15.3. The van der Waals surface area contributed by atoms with Crippen molar-refractivity contribution in [1.82, 2.24) is 20.2 Å². The summed E-state index contributed by atoms with van der Waals surface area (Å²) in [5, 5.41) is 6.75. The Hall–Kier alpha value is -2.59. The molecule has 0 aliphatic rings. The van der Waals surface area contributed by atoms with Gasteiger partial charge in [0.1, 0.15) is 18.2 Å². The molecule has 0 unspecified atom stereocenters. The monoisotopic (exact) mass is 577 g/mol. The standard InChI is InChI=1S/C26H35N5O2.HI/c1-4-27-26(30-19-23-11-10-21(2)18-24(23)33-17-16-32-3)29-13-12-25-28-14-15-31(25)20-22-8-6-5-7-9-22;/h5-11,14-15,18H,4,12-13,16-17,19-20H2,1-3H3,(H2,27,29,30);1H. The third kappa shape index (κ3) is 8.98. The van der Waals surface area contributed by atoms with Crippen LogP contribution < -0.4 is 15.4 Å². The lowest BCUT2D eigenvalue weighted by Crippen LogP contribution is -2.38. The molecule has 0 radical (unpaired) electrons. The van der Waals surface area contributed by atoms with Gasteiger partial charge < -0.3 is 24.7 Å². The van der Waals surface area contributed by atoms with Gasteiger partial charge >= 0.3 is 0 Å². The van der Waals surface area contributed by atoms with Crippen molar-refractivity contribution in [3.05, 3.63) is 83.4 Å². The molecule has 8 heteroatoms. The number of hydrogen-bond acceptors (Lipinski definition) is 4. The van der Waals surface area contributed by atoms with Crippen molar-refractivity contribution >= 4 is 29.9 Å². The van der Waals surface area contributed by atoms with Crippen molar-refractivity contribution in [2.75, 3.05) is 33.4 Å². The van der Waals surface area contributed by atoms with E-state index in [2.05, 4.69) is 70.4 Å². The zero-order valence-electron chi connectivity index (χ0n) is 20.3. The van der Waals surface area contributed by atoms with Crippen molar-refractivity contribution in [3.63, 3.8) is 0 Å². The molecule has 3 rings (SSSR count). The lowest BCUT2D eigenvalue weighted by atomic mass is 10.1. The summed E-state index contributed by atoms with van der Waals surface area (Å²) in [6.45, 7) is 8.08. The first-order valence-corrected chi connectivity index (χ1v) is 11.5. The maximum atomic E-state index is 5.90. The summed E-state index contributed by atoms with van der Waals surface area (Å²) >= 11 is 0. The van der Waals surface area contributed by atoms with Crippen LogP contribution in [0.4, 0.5) is 0 Å². The summed E-state index contributed by atoms with van der Waals surface area (Å²) < 4.78 is 13.2. The number of guanidine groups is 1. The Morgan fingerprint density at radius 1 is 1.09 bits per heavy atom. The number of halogens is 1. The molecular weight excluding hydrogens is 541 g/mol. The van der Waals surface area contributed by atoms with Gasteiger partial charge in [-0.15, -0.1) is 24.0 Å². The zero-order chi connectivity index (χ0) is 23.3. The van der Waals surface area contributed by atoms with E-state index >= 15 is 0 Å². The van der Waals surface area contributed by atoms with Gasteiger partial charge in [-0.25, -0.2) is 9.98 Å². The van der Waals surface area contributed by atoms with E-state index in [1.54, 1.807) is 7.11 Å². The molecule has 0 bridgehead atoms. The molecule has 0 aliphatic heterocycles. The molecule has 0 amide bonds. The average Bonchev–Trinajstić information content (AvgIpc) is 3.26. The molecule has 0 atom stereocenters. The Labute approximate surface area is 220 Å². The number of hydrogen-bond donors (Lipinski definition) is 2. The minimum Gasteiger partial charge on any atom is -0.491 e. The fraction of sp³-hybridized carbons (Fsp3) is 0.385. The summed E-state index contributed by atoms with van der Waals surface area (Å²) in [5.41, 5.74) is 3.47. The van der Waals surface area contributed by atoms with E-state index in [-0.39, 0.29) is 24.0 Å². The van der Waals surface area contributed by atoms with Crippen LogP contribution in [-0.2, 0) is 24.2 Å². The van der Waals surface area contributed by atoms with Crippen LogP contribution in [0.1, 0.15) is 29.4 Å². The highest BCUT2D eigenvalue weighted by Gasteiger charge is 2.07. The lowest BCUT2D eigenvalue weighted by molar-refractivity contribution is 0.145. The molecule has 3 aromatic rings. The van der Waals surface area contributed by atoms with Crippen LogP contribution in [0.15, 0.2) is 65.9 Å². The molecule has 184 valence electrons. The number of aryl methyl sites for hydroxylation is 1. The van der Waals surface area contributed by atoms with Gasteiger partial charge in [0.05, 0.1) is 13.2 Å². The van der Waals surface area contributed by atoms with Gasteiger partial charge in [0.25, 0.3) is 0 Å². The van der Waals surface area contributed by atoms with E-state index in [0.717, 1.165) is 54.7 Å². The van der Waals surface area contributed by atoms with Crippen LogP contribution in [0.25, 0.3) is 0 Å². The van der Waals surface area contributed by atoms with E-state index in [9.17, 15) is 0 Å². The number of ether oxygens (including phenoxy) is 2. The third-order valence-electron chi connectivity index (χ3n) is 5.16. The van der Waals surface area contributed by atoms with Crippen LogP contribution in [-0.4, -0.2) is 48.9 Å². The van der Waals surface area contributed by atoms with Gasteiger partial charge in [0.15, 0.2) is 5.96 Å². The molecule has 0 spiro atoms. The predicted octanol–water partition coefficient (Wildman–Crippen LogP) is 4.18. The van der Waals surface area contributed by atoms with Gasteiger partial charge in [0, 0.05) is 51.1 Å². The Kier molecular flexibility index (Phi) is 12.5. The molecule has 1 aromatic heterocycles. The van der Waals surface area contributed by atoms with E-state index in [4.69, 9.17) is 14.5 Å². The zero-order valence-corrected chi connectivity index (χ0v) is 22.6. The lowest BCUT2D eigenvalue weighted by Gasteiger charge is -2.14. The second-order valence-electron chi connectivity index (χ2n) is 7.78. The third-order valence-corrected chi connectivity index (χ3v) is 5.16. The van der Waals surface area contributed by atoms with Gasteiger partial charge in [-0.3, -0.25) is 0 Å². The molecule has 0 saturated heterocycles. The van der Waals surface area contributed by atoms with Gasteiger partial charge in [-0.1, -0.05) is 42.5 Å². The molecule has 1 heterocycles. The highest BCUT2D eigenvalue weighted by molar-refractivity contribution is 14.0. The minimum atomic E-state index is 0. The van der Waals surface area contributed by atoms with Crippen LogP contribution >= 0.6 is 24.0 Å². The molecule has 0 fully saturated rings. The number of aromatic nitrogens is 2. The number of methoxy groups -OCH3 is 1. The summed E-state index contributed by atoms with van der Waals surface area (Å²) in [7, 11) is 1.67. The molecule has 34 heavy (non-hydrogen) atoms. The predicted molar refractivity (Wildman–Crippen MR) is 148 cm³/mol. The Morgan fingerprint density at radius 3 is 2.68 bits per heavy atom. The highest BCUT2D eigenvalue weighted by Crippen LogP contribution is 2.21. The van der Waals surface area contributed by atoms with Crippen LogP contribution in [0.5, 0.6) is 5.75 Å². The second-order valence-corrected chi connectivity index (χ2v) is 7.78. The van der Waals surface area contributed by atoms with Crippen LogP contribution in [0, 0.1) is 6.92 Å². The van der Waals surface area contributed by atoms with Crippen molar-refractivity contribution < 1.29 is 9.47 Å². The largest absolute Gasteiger partial charge is 0.491 e. The first-order chi connectivity index (χ1) is 16.2. The molecule has 7 nitrogen and oxygen atoms in total. The molecule has 2 aromatic carbocycles. The molecule has 0 aliphatic carbocycles. The van der Waals surface area contributed by atoms with Crippen molar-refractivity contribution in [3.8, 4) is 5.75 Å². The maximum Gasteiger partial charge on any atom is 0.191 e. The minimum absolute atomic E-state index is 0. The smallest absolute Gasteiger partial charge is 0.191 e. The van der Waals surface area contributed by atoms with E-state index in [0.29, 0.717) is 19.8 Å². The average molecular weight is 578 g/mol. The Morgan fingerprint density at radius 2 is 1.91 bits per heavy atom. The maximum absolute atomic E-state index is 5.90. The van der Waals surface area contributed by atoms with Crippen molar-refractivity contribution in [2.24, 2.45) is 4.99 Å². The normalized spacial score (nSPS) is 11.1. The number of imidazole rings is 1. The number of nitrogens with zero attached hydrogens (tertiary/aromatic N) is 3. The van der Waals surface area contributed by atoms with Crippen LogP contribution in [0.2, 0.25) is 0 Å².